The van der Waals surface area contributed by atoms with Gasteiger partial charge >= 0.3 is 22.4 Å². The Labute approximate surface area is 224 Å². The zero-order valence-corrected chi connectivity index (χ0v) is 22.1. The van der Waals surface area contributed by atoms with Crippen LogP contribution in [-0.4, -0.2) is 62.1 Å². The van der Waals surface area contributed by atoms with Crippen molar-refractivity contribution >= 4 is 38.5 Å². The lowest BCUT2D eigenvalue weighted by Crippen LogP contribution is -2.48. The molecule has 1 aliphatic rings. The number of carbonyl (C=O) groups excluding carboxylic acids is 1. The molecular formula is C26H29F3N4O5S. The van der Waals surface area contributed by atoms with Gasteiger partial charge in [0.15, 0.2) is 0 Å². The van der Waals surface area contributed by atoms with E-state index in [0.29, 0.717) is 37.4 Å². The number of benzene rings is 3. The van der Waals surface area contributed by atoms with Crippen LogP contribution in [-0.2, 0) is 15.0 Å². The van der Waals surface area contributed by atoms with E-state index in [1.165, 1.54) is 4.31 Å². The Hall–Kier alpha value is -3.68. The minimum Gasteiger partial charge on any atom is -0.475 e. The zero-order valence-electron chi connectivity index (χ0n) is 21.2. The summed E-state index contributed by atoms with van der Waals surface area (Å²) in [6, 6.07) is 18.9. The Morgan fingerprint density at radius 3 is 2.28 bits per heavy atom. The van der Waals surface area contributed by atoms with Crippen molar-refractivity contribution in [3.05, 3.63) is 77.4 Å². The van der Waals surface area contributed by atoms with Gasteiger partial charge in [-0.15, -0.1) is 0 Å². The van der Waals surface area contributed by atoms with Crippen LogP contribution in [0.2, 0.25) is 0 Å². The molecule has 9 nitrogen and oxygen atoms in total. The van der Waals surface area contributed by atoms with Gasteiger partial charge in [-0.1, -0.05) is 48.5 Å². The van der Waals surface area contributed by atoms with Crippen LogP contribution in [0.1, 0.15) is 34.5 Å². The fraction of sp³-hybridized carbons (Fsp3) is 0.308. The topological polar surface area (TPSA) is 128 Å². The second kappa shape index (κ2) is 12.5. The summed E-state index contributed by atoms with van der Waals surface area (Å²) in [5, 5.41) is 15.5. The van der Waals surface area contributed by atoms with Gasteiger partial charge in [-0.2, -0.15) is 25.9 Å². The van der Waals surface area contributed by atoms with Crippen LogP contribution in [0.4, 0.5) is 18.9 Å². The number of hydrogen-bond acceptors (Lipinski definition) is 5. The largest absolute Gasteiger partial charge is 0.490 e. The van der Waals surface area contributed by atoms with E-state index in [2.05, 4.69) is 15.4 Å². The third-order valence-electron chi connectivity index (χ3n) is 6.02. The smallest absolute Gasteiger partial charge is 0.475 e. The second-order valence-corrected chi connectivity index (χ2v) is 10.5. The highest BCUT2D eigenvalue weighted by Gasteiger charge is 2.38. The number of carbonyl (C=O) groups is 2. The highest BCUT2D eigenvalue weighted by atomic mass is 32.2. The van der Waals surface area contributed by atoms with Crippen molar-refractivity contribution in [3.8, 4) is 0 Å². The van der Waals surface area contributed by atoms with Gasteiger partial charge in [-0.3, -0.25) is 9.52 Å². The Balaban J connectivity index is 0.000000532. The minimum absolute atomic E-state index is 0.214. The molecular weight excluding hydrogens is 537 g/mol. The van der Waals surface area contributed by atoms with Crippen molar-refractivity contribution < 1.29 is 36.3 Å². The molecule has 1 fully saturated rings. The maximum Gasteiger partial charge on any atom is 0.490 e. The Morgan fingerprint density at radius 2 is 1.64 bits per heavy atom. The monoisotopic (exact) mass is 566 g/mol. The number of fused-ring (bicyclic) bond motifs is 1. The van der Waals surface area contributed by atoms with Crippen molar-refractivity contribution in [2.24, 2.45) is 0 Å². The summed E-state index contributed by atoms with van der Waals surface area (Å²) in [4.78, 5) is 22.0. The van der Waals surface area contributed by atoms with E-state index in [1.54, 1.807) is 18.2 Å². The molecule has 1 saturated heterocycles. The first-order valence-corrected chi connectivity index (χ1v) is 13.4. The summed E-state index contributed by atoms with van der Waals surface area (Å²) in [7, 11) is -3.67. The summed E-state index contributed by atoms with van der Waals surface area (Å²) in [5.41, 5.74) is 2.62. The molecule has 0 aliphatic carbocycles. The van der Waals surface area contributed by atoms with Crippen molar-refractivity contribution in [1.29, 1.82) is 0 Å². The zero-order chi connectivity index (χ0) is 28.8. The Morgan fingerprint density at radius 1 is 1.03 bits per heavy atom. The highest BCUT2D eigenvalue weighted by Crippen LogP contribution is 2.25. The van der Waals surface area contributed by atoms with Gasteiger partial charge in [-0.05, 0) is 47.9 Å². The molecule has 210 valence electrons. The predicted octanol–water partition coefficient (Wildman–Crippen LogP) is 3.83. The number of alkyl halides is 3. The molecule has 3 aromatic carbocycles. The van der Waals surface area contributed by atoms with Gasteiger partial charge in [0.2, 0.25) is 0 Å². The third-order valence-corrected chi connectivity index (χ3v) is 7.56. The number of carboxylic acid groups (broad SMARTS) is 1. The Bertz CT molecular complexity index is 1440. The molecule has 1 amide bonds. The third kappa shape index (κ3) is 7.91. The van der Waals surface area contributed by atoms with E-state index in [4.69, 9.17) is 9.90 Å². The maximum atomic E-state index is 13.1. The van der Waals surface area contributed by atoms with Gasteiger partial charge in [-0.25, -0.2) is 4.79 Å². The summed E-state index contributed by atoms with van der Waals surface area (Å²) >= 11 is 0. The number of hydrogen-bond donors (Lipinski definition) is 4. The van der Waals surface area contributed by atoms with Crippen LogP contribution in [0.3, 0.4) is 0 Å². The first-order chi connectivity index (χ1) is 18.3. The molecule has 0 bridgehead atoms. The fourth-order valence-corrected chi connectivity index (χ4v) is 5.23. The number of anilines is 1. The number of carboxylic acids is 1. The van der Waals surface area contributed by atoms with Crippen LogP contribution in [0.5, 0.6) is 0 Å². The normalized spacial score (nSPS) is 15.1. The SMILES string of the molecule is Cc1ccc(NS(=O)(=O)N2CCNCC2)cc1C(=O)N[C@H](C)c1cccc2ccccc12.O=C(O)C(F)(F)F. The van der Waals surface area contributed by atoms with Crippen LogP contribution < -0.4 is 15.4 Å². The molecule has 1 aliphatic heterocycles. The van der Waals surface area contributed by atoms with Crippen LogP contribution in [0.15, 0.2) is 60.7 Å². The first kappa shape index (κ1) is 29.9. The van der Waals surface area contributed by atoms with Crippen LogP contribution in [0, 0.1) is 6.92 Å². The molecule has 1 heterocycles. The van der Waals surface area contributed by atoms with E-state index >= 15 is 0 Å². The second-order valence-electron chi connectivity index (χ2n) is 8.85. The lowest BCUT2D eigenvalue weighted by molar-refractivity contribution is -0.192. The van der Waals surface area contributed by atoms with Crippen molar-refractivity contribution in [3.63, 3.8) is 0 Å². The maximum absolute atomic E-state index is 13.1. The van der Waals surface area contributed by atoms with E-state index in [9.17, 15) is 26.4 Å². The molecule has 0 radical (unpaired) electrons. The van der Waals surface area contributed by atoms with Crippen molar-refractivity contribution in [2.45, 2.75) is 26.1 Å². The number of aliphatic carboxylic acids is 1. The standard InChI is InChI=1S/C24H28N4O3S.C2HF3O2/c1-17-10-11-20(27-32(30,31)28-14-12-25-13-15-28)16-23(17)24(29)26-18(2)21-9-5-7-19-6-3-4-8-22(19)21;3-2(4,5)1(6)7/h3-11,16,18,25,27H,12-15H2,1-2H3,(H,26,29);(H,6,7)/t18-;/m1./s1. The summed E-state index contributed by atoms with van der Waals surface area (Å²) in [6.45, 7) is 5.86. The molecule has 1 atom stereocenters. The van der Waals surface area contributed by atoms with Gasteiger partial charge in [0.1, 0.15) is 0 Å². The lowest BCUT2D eigenvalue weighted by atomic mass is 9.99. The van der Waals surface area contributed by atoms with E-state index in [1.807, 2.05) is 56.3 Å². The number of amides is 1. The summed E-state index contributed by atoms with van der Waals surface area (Å²) in [5.74, 6) is -3.00. The molecule has 0 saturated carbocycles. The average molecular weight is 567 g/mol. The van der Waals surface area contributed by atoms with Gasteiger partial charge in [0, 0.05) is 31.7 Å². The quantitative estimate of drug-likeness (QED) is 0.359. The number of rotatable bonds is 6. The van der Waals surface area contributed by atoms with Crippen LogP contribution in [0.25, 0.3) is 10.8 Å². The number of halogens is 3. The summed E-state index contributed by atoms with van der Waals surface area (Å²) < 4.78 is 61.1. The van der Waals surface area contributed by atoms with E-state index in [0.717, 1.165) is 21.9 Å². The van der Waals surface area contributed by atoms with Gasteiger partial charge in [0.25, 0.3) is 5.91 Å². The molecule has 13 heteroatoms. The minimum atomic E-state index is -5.08. The number of nitrogens with one attached hydrogen (secondary N) is 3. The number of aryl methyl sites for hydroxylation is 1. The van der Waals surface area contributed by atoms with Gasteiger partial charge in [0.05, 0.1) is 11.7 Å². The van der Waals surface area contributed by atoms with Crippen LogP contribution >= 0.6 is 0 Å². The fourth-order valence-electron chi connectivity index (χ4n) is 4.01. The lowest BCUT2D eigenvalue weighted by Gasteiger charge is -2.27. The van der Waals surface area contributed by atoms with E-state index < -0.39 is 22.4 Å². The molecule has 0 aromatic heterocycles. The first-order valence-electron chi connectivity index (χ1n) is 12.0. The van der Waals surface area contributed by atoms with Crippen molar-refractivity contribution in [1.82, 2.24) is 14.9 Å². The molecule has 0 unspecified atom stereocenters. The average Bonchev–Trinajstić information content (AvgIpc) is 2.89. The molecule has 4 N–H and O–H groups in total. The molecule has 4 rings (SSSR count). The molecule has 39 heavy (non-hydrogen) atoms. The Kier molecular flexibility index (Phi) is 9.54. The number of nitrogens with zero attached hydrogens (tertiary/aromatic N) is 1. The predicted molar refractivity (Wildman–Crippen MR) is 142 cm³/mol. The van der Waals surface area contributed by atoms with E-state index in [-0.39, 0.29) is 11.9 Å². The summed E-state index contributed by atoms with van der Waals surface area (Å²) in [6.07, 6.45) is -5.08. The number of piperazine rings is 1. The molecule has 3 aromatic rings. The molecule has 0 spiro atoms. The van der Waals surface area contributed by atoms with Gasteiger partial charge < -0.3 is 15.7 Å². The van der Waals surface area contributed by atoms with Crippen molar-refractivity contribution in [2.75, 3.05) is 30.9 Å². The highest BCUT2D eigenvalue weighted by molar-refractivity contribution is 7.90.